The van der Waals surface area contributed by atoms with Gasteiger partial charge in [-0.1, -0.05) is 38.7 Å². The van der Waals surface area contributed by atoms with Gasteiger partial charge in [0.1, 0.15) is 5.82 Å². The molecule has 2 heterocycles. The smallest absolute Gasteiger partial charge is 0.222 e. The molecule has 0 aromatic carbocycles. The molecule has 1 aromatic heterocycles. The van der Waals surface area contributed by atoms with Gasteiger partial charge < -0.3 is 21.3 Å². The van der Waals surface area contributed by atoms with Crippen molar-refractivity contribution in [2.75, 3.05) is 24.5 Å². The maximum Gasteiger partial charge on any atom is 0.222 e. The largest absolute Gasteiger partial charge is 0.369 e. The lowest BCUT2D eigenvalue weighted by Crippen LogP contribution is -2.42. The van der Waals surface area contributed by atoms with Crippen LogP contribution in [0.5, 0.6) is 0 Å². The zero-order chi connectivity index (χ0) is 21.8. The highest BCUT2D eigenvalue weighted by atomic mass is 16.1. The van der Waals surface area contributed by atoms with Crippen molar-refractivity contribution in [3.63, 3.8) is 0 Å². The van der Waals surface area contributed by atoms with Crippen LogP contribution in [-0.2, 0) is 11.3 Å². The molecule has 1 saturated heterocycles. The maximum atomic E-state index is 11.7. The van der Waals surface area contributed by atoms with Gasteiger partial charge in [0.15, 0.2) is 5.96 Å². The Kier molecular flexibility index (Phi) is 10.5. The molecule has 1 fully saturated rings. The summed E-state index contributed by atoms with van der Waals surface area (Å²) in [5, 5.41) is 6.88. The van der Waals surface area contributed by atoms with E-state index in [1.165, 1.54) is 25.7 Å². The van der Waals surface area contributed by atoms with Gasteiger partial charge >= 0.3 is 0 Å². The second-order valence-electron chi connectivity index (χ2n) is 8.26. The minimum Gasteiger partial charge on any atom is -0.369 e. The Hall–Kier alpha value is -2.31. The Bertz CT molecular complexity index is 677. The molecule has 2 unspecified atom stereocenters. The molecule has 1 aromatic rings. The molecule has 1 amide bonds. The Balaban J connectivity index is 2.02. The molecular formula is C23H40N6O. The predicted molar refractivity (Wildman–Crippen MR) is 125 cm³/mol. The Morgan fingerprint density at radius 2 is 2.20 bits per heavy atom. The molecule has 30 heavy (non-hydrogen) atoms. The van der Waals surface area contributed by atoms with Crippen LogP contribution in [0.1, 0.15) is 71.3 Å². The normalized spacial score (nSPS) is 18.2. The van der Waals surface area contributed by atoms with Gasteiger partial charge in [-0.05, 0) is 39.2 Å². The summed E-state index contributed by atoms with van der Waals surface area (Å²) in [6.07, 6.45) is 9.85. The van der Waals surface area contributed by atoms with E-state index in [-0.39, 0.29) is 11.8 Å². The van der Waals surface area contributed by atoms with Crippen LogP contribution in [0.25, 0.3) is 0 Å². The van der Waals surface area contributed by atoms with Crippen molar-refractivity contribution in [1.29, 1.82) is 0 Å². The van der Waals surface area contributed by atoms with Crippen LogP contribution in [0, 0.1) is 5.92 Å². The number of carbonyl (C=O) groups excluding carboxylic acids is 1. The number of hydrogen-bond acceptors (Lipinski definition) is 4. The van der Waals surface area contributed by atoms with E-state index >= 15 is 0 Å². The maximum absolute atomic E-state index is 11.7. The summed E-state index contributed by atoms with van der Waals surface area (Å²) >= 11 is 0. The first-order valence-electron chi connectivity index (χ1n) is 11.6. The topological polar surface area (TPSA) is 95.6 Å². The SMILES string of the molecule is CCCCCCC(C)NC(=NCc1cccnc1N1CCCC(C(N)=O)C1)NCC. The molecule has 4 N–H and O–H groups in total. The number of hydrogen-bond donors (Lipinski definition) is 3. The van der Waals surface area contributed by atoms with Gasteiger partial charge in [-0.15, -0.1) is 0 Å². The number of guanidine groups is 1. The van der Waals surface area contributed by atoms with Gasteiger partial charge in [-0.25, -0.2) is 9.98 Å². The Morgan fingerprint density at radius 1 is 1.37 bits per heavy atom. The summed E-state index contributed by atoms with van der Waals surface area (Å²) in [5.74, 6) is 1.42. The van der Waals surface area contributed by atoms with E-state index in [9.17, 15) is 4.79 Å². The summed E-state index contributed by atoms with van der Waals surface area (Å²) in [6, 6.07) is 4.39. The molecule has 7 heteroatoms. The van der Waals surface area contributed by atoms with E-state index in [2.05, 4.69) is 47.4 Å². The molecule has 7 nitrogen and oxygen atoms in total. The van der Waals surface area contributed by atoms with Gasteiger partial charge in [0, 0.05) is 37.4 Å². The lowest BCUT2D eigenvalue weighted by Gasteiger charge is -2.33. The summed E-state index contributed by atoms with van der Waals surface area (Å²) < 4.78 is 0. The molecule has 1 aliphatic heterocycles. The molecule has 0 bridgehead atoms. The number of unbranched alkanes of at least 4 members (excludes halogenated alkanes) is 3. The van der Waals surface area contributed by atoms with Crippen LogP contribution in [0.2, 0.25) is 0 Å². The summed E-state index contributed by atoms with van der Waals surface area (Å²) in [4.78, 5) is 23.3. The molecular weight excluding hydrogens is 376 g/mol. The molecule has 168 valence electrons. The first-order valence-corrected chi connectivity index (χ1v) is 11.6. The number of rotatable bonds is 11. The van der Waals surface area contributed by atoms with Crippen LogP contribution in [-0.4, -0.2) is 42.5 Å². The van der Waals surface area contributed by atoms with Crippen LogP contribution in [0.4, 0.5) is 5.82 Å². The third-order valence-corrected chi connectivity index (χ3v) is 5.62. The first kappa shape index (κ1) is 24.0. The summed E-state index contributed by atoms with van der Waals surface area (Å²) in [5.41, 5.74) is 6.62. The number of aromatic nitrogens is 1. The molecule has 1 aliphatic rings. The van der Waals surface area contributed by atoms with Crippen molar-refractivity contribution in [3.8, 4) is 0 Å². The average molecular weight is 417 g/mol. The zero-order valence-electron chi connectivity index (χ0n) is 19.0. The Morgan fingerprint density at radius 3 is 2.93 bits per heavy atom. The standard InChI is InChI=1S/C23H40N6O/c1-4-6-7-8-11-18(3)28-23(25-5-2)27-16-19-12-9-14-26-22(19)29-15-10-13-20(17-29)21(24)30/h9,12,14,18,20H,4-8,10-11,13,15-17H2,1-3H3,(H2,24,30)(H2,25,27,28). The minimum absolute atomic E-state index is 0.107. The second kappa shape index (κ2) is 13.1. The Labute approximate surface area is 181 Å². The molecule has 0 radical (unpaired) electrons. The van der Waals surface area contributed by atoms with E-state index in [0.29, 0.717) is 19.1 Å². The number of anilines is 1. The van der Waals surface area contributed by atoms with Gasteiger partial charge in [0.25, 0.3) is 0 Å². The quantitative estimate of drug-likeness (QED) is 0.292. The summed E-state index contributed by atoms with van der Waals surface area (Å²) in [7, 11) is 0. The van der Waals surface area contributed by atoms with Gasteiger partial charge in [-0.3, -0.25) is 4.79 Å². The number of amides is 1. The number of nitrogens with two attached hydrogens (primary N) is 1. The van der Waals surface area contributed by atoms with Crippen molar-refractivity contribution in [3.05, 3.63) is 23.9 Å². The molecule has 2 rings (SSSR count). The van der Waals surface area contributed by atoms with Crippen molar-refractivity contribution in [1.82, 2.24) is 15.6 Å². The van der Waals surface area contributed by atoms with E-state index in [0.717, 1.165) is 49.7 Å². The second-order valence-corrected chi connectivity index (χ2v) is 8.26. The monoisotopic (exact) mass is 416 g/mol. The molecule has 0 aliphatic carbocycles. The predicted octanol–water partition coefficient (Wildman–Crippen LogP) is 3.20. The van der Waals surface area contributed by atoms with Gasteiger partial charge in [-0.2, -0.15) is 0 Å². The van der Waals surface area contributed by atoms with E-state index in [4.69, 9.17) is 10.7 Å². The number of pyridine rings is 1. The third kappa shape index (κ3) is 7.84. The third-order valence-electron chi connectivity index (χ3n) is 5.62. The van der Waals surface area contributed by atoms with Crippen molar-refractivity contribution >= 4 is 17.7 Å². The van der Waals surface area contributed by atoms with Gasteiger partial charge in [0.2, 0.25) is 5.91 Å². The fraction of sp³-hybridized carbons (Fsp3) is 0.696. The number of piperidine rings is 1. The number of primary amides is 1. The van der Waals surface area contributed by atoms with Crippen LogP contribution in [0.15, 0.2) is 23.3 Å². The van der Waals surface area contributed by atoms with Crippen LogP contribution < -0.4 is 21.3 Å². The fourth-order valence-electron chi connectivity index (χ4n) is 3.91. The van der Waals surface area contributed by atoms with Crippen molar-refractivity contribution in [2.24, 2.45) is 16.6 Å². The lowest BCUT2D eigenvalue weighted by atomic mass is 9.97. The molecule has 0 saturated carbocycles. The number of nitrogens with one attached hydrogen (secondary N) is 2. The van der Waals surface area contributed by atoms with E-state index in [1.807, 2.05) is 6.07 Å². The minimum atomic E-state index is -0.221. The highest BCUT2D eigenvalue weighted by molar-refractivity contribution is 5.80. The highest BCUT2D eigenvalue weighted by Crippen LogP contribution is 2.25. The fourth-order valence-corrected chi connectivity index (χ4v) is 3.91. The number of aliphatic imine (C=N–C) groups is 1. The van der Waals surface area contributed by atoms with Crippen molar-refractivity contribution < 1.29 is 4.79 Å². The van der Waals surface area contributed by atoms with E-state index < -0.39 is 0 Å². The number of carbonyl (C=O) groups is 1. The van der Waals surface area contributed by atoms with Crippen LogP contribution >= 0.6 is 0 Å². The zero-order valence-corrected chi connectivity index (χ0v) is 19.0. The molecule has 0 spiro atoms. The van der Waals surface area contributed by atoms with Crippen LogP contribution in [0.3, 0.4) is 0 Å². The van der Waals surface area contributed by atoms with Crippen molar-refractivity contribution in [2.45, 2.75) is 78.3 Å². The average Bonchev–Trinajstić information content (AvgIpc) is 2.75. The molecule has 2 atom stereocenters. The summed E-state index contributed by atoms with van der Waals surface area (Å²) in [6.45, 7) is 9.42. The highest BCUT2D eigenvalue weighted by Gasteiger charge is 2.25. The lowest BCUT2D eigenvalue weighted by molar-refractivity contribution is -0.122. The first-order chi connectivity index (χ1) is 14.5. The number of nitrogens with zero attached hydrogens (tertiary/aromatic N) is 3. The van der Waals surface area contributed by atoms with E-state index in [1.54, 1.807) is 6.20 Å². The van der Waals surface area contributed by atoms with Gasteiger partial charge in [0.05, 0.1) is 12.5 Å².